The van der Waals surface area contributed by atoms with Gasteiger partial charge in [-0.3, -0.25) is 4.79 Å². The van der Waals surface area contributed by atoms with Crippen LogP contribution < -0.4 is 0 Å². The Morgan fingerprint density at radius 2 is 2.38 bits per heavy atom. The van der Waals surface area contributed by atoms with Crippen molar-refractivity contribution in [2.45, 2.75) is 19.8 Å². The second kappa shape index (κ2) is 5.16. The van der Waals surface area contributed by atoms with Gasteiger partial charge in [-0.2, -0.15) is 0 Å². The fourth-order valence-corrected chi connectivity index (χ4v) is 3.47. The number of carbonyl (C=O) groups is 1. The second-order valence-electron chi connectivity index (χ2n) is 3.23. The smallest absolute Gasteiger partial charge is 0.181 e. The van der Waals surface area contributed by atoms with Crippen LogP contribution in [0.2, 0.25) is 0 Å². The predicted molar refractivity (Wildman–Crippen MR) is 69.3 cm³/mol. The normalized spacial score (nSPS) is 10.6. The highest BCUT2D eigenvalue weighted by Gasteiger charge is 2.15. The first-order valence-electron chi connectivity index (χ1n) is 4.78. The van der Waals surface area contributed by atoms with E-state index in [1.165, 1.54) is 11.5 Å². The zero-order chi connectivity index (χ0) is 11.5. The van der Waals surface area contributed by atoms with Gasteiger partial charge in [-0.25, -0.2) is 0 Å². The molecule has 0 aliphatic heterocycles. The molecule has 0 unspecified atom stereocenters. The van der Waals surface area contributed by atoms with Crippen molar-refractivity contribution in [3.8, 4) is 0 Å². The molecule has 2 aromatic rings. The summed E-state index contributed by atoms with van der Waals surface area (Å²) in [6.45, 7) is 1.98. The molecule has 0 saturated carbocycles. The molecule has 0 radical (unpaired) electrons. The lowest BCUT2D eigenvalue weighted by molar-refractivity contribution is 0.0996. The molecule has 0 aromatic carbocycles. The van der Waals surface area contributed by atoms with Crippen LogP contribution >= 0.6 is 38.8 Å². The van der Waals surface area contributed by atoms with Gasteiger partial charge in [0, 0.05) is 21.2 Å². The van der Waals surface area contributed by atoms with Crippen molar-refractivity contribution >= 4 is 44.6 Å². The van der Waals surface area contributed by atoms with Gasteiger partial charge in [0.15, 0.2) is 5.78 Å². The van der Waals surface area contributed by atoms with Gasteiger partial charge in [0.2, 0.25) is 0 Å². The molecular weight excluding hydrogens is 308 g/mol. The number of halogens is 1. The van der Waals surface area contributed by atoms with E-state index in [1.807, 2.05) is 18.4 Å². The van der Waals surface area contributed by atoms with E-state index in [-0.39, 0.29) is 5.78 Å². The predicted octanol–water partition coefficient (Wildman–Crippen LogP) is 3.35. The third-order valence-electron chi connectivity index (χ3n) is 2.10. The summed E-state index contributed by atoms with van der Waals surface area (Å²) in [6, 6.07) is 1.97. The minimum absolute atomic E-state index is 0.112. The highest BCUT2D eigenvalue weighted by Crippen LogP contribution is 2.22. The van der Waals surface area contributed by atoms with Crippen molar-refractivity contribution in [2.24, 2.45) is 0 Å². The Labute approximate surface area is 110 Å². The third-order valence-corrected chi connectivity index (χ3v) is 4.61. The van der Waals surface area contributed by atoms with E-state index in [1.54, 1.807) is 11.3 Å². The quantitative estimate of drug-likeness (QED) is 0.812. The molecule has 84 valence electrons. The zero-order valence-electron chi connectivity index (χ0n) is 8.57. The molecule has 2 rings (SSSR count). The van der Waals surface area contributed by atoms with Gasteiger partial charge in [0.05, 0.1) is 5.69 Å². The number of Topliss-reactive ketones (excluding diaryl/α,β-unsaturated/α-hetero) is 1. The van der Waals surface area contributed by atoms with Crippen LogP contribution in [-0.4, -0.2) is 15.4 Å². The molecule has 0 saturated heterocycles. The van der Waals surface area contributed by atoms with E-state index in [9.17, 15) is 4.79 Å². The highest BCUT2D eigenvalue weighted by molar-refractivity contribution is 9.10. The average molecular weight is 317 g/mol. The van der Waals surface area contributed by atoms with Crippen molar-refractivity contribution in [2.75, 3.05) is 0 Å². The van der Waals surface area contributed by atoms with Crippen molar-refractivity contribution in [3.63, 3.8) is 0 Å². The molecule has 0 bridgehead atoms. The maximum absolute atomic E-state index is 12.0. The van der Waals surface area contributed by atoms with Crippen LogP contribution in [-0.2, 0) is 12.8 Å². The topological polar surface area (TPSA) is 42.9 Å². The van der Waals surface area contributed by atoms with Crippen LogP contribution in [0.4, 0.5) is 0 Å². The maximum atomic E-state index is 12.0. The van der Waals surface area contributed by atoms with Crippen LogP contribution in [0.25, 0.3) is 0 Å². The summed E-state index contributed by atoms with van der Waals surface area (Å²) in [5.74, 6) is 0.112. The molecule has 0 aliphatic rings. The van der Waals surface area contributed by atoms with E-state index in [2.05, 4.69) is 25.5 Å². The summed E-state index contributed by atoms with van der Waals surface area (Å²) in [5, 5.41) is 5.92. The van der Waals surface area contributed by atoms with Crippen LogP contribution in [0.1, 0.15) is 27.2 Å². The lowest BCUT2D eigenvalue weighted by Crippen LogP contribution is -2.03. The summed E-state index contributed by atoms with van der Waals surface area (Å²) in [4.78, 5) is 13.7. The number of nitrogens with zero attached hydrogens (tertiary/aromatic N) is 2. The lowest BCUT2D eigenvalue weighted by Gasteiger charge is -1.96. The summed E-state index contributed by atoms with van der Waals surface area (Å²) in [6.07, 6.45) is 1.19. The van der Waals surface area contributed by atoms with E-state index in [0.29, 0.717) is 11.3 Å². The maximum Gasteiger partial charge on any atom is 0.181 e. The van der Waals surface area contributed by atoms with Crippen molar-refractivity contribution < 1.29 is 4.79 Å². The highest BCUT2D eigenvalue weighted by atomic mass is 79.9. The van der Waals surface area contributed by atoms with Crippen LogP contribution in [0.5, 0.6) is 0 Å². The molecule has 6 heteroatoms. The van der Waals surface area contributed by atoms with Crippen molar-refractivity contribution in [3.05, 3.63) is 31.4 Å². The van der Waals surface area contributed by atoms with Crippen LogP contribution in [0.3, 0.4) is 0 Å². The summed E-state index contributed by atoms with van der Waals surface area (Å²) in [5.41, 5.74) is 0.811. The second-order valence-corrected chi connectivity index (χ2v) is 5.90. The number of aryl methyl sites for hydroxylation is 1. The lowest BCUT2D eigenvalue weighted by atomic mass is 10.1. The number of ketones is 1. The van der Waals surface area contributed by atoms with Gasteiger partial charge in [0.1, 0.15) is 4.88 Å². The monoisotopic (exact) mass is 316 g/mol. The summed E-state index contributed by atoms with van der Waals surface area (Å²) < 4.78 is 4.85. The van der Waals surface area contributed by atoms with Gasteiger partial charge >= 0.3 is 0 Å². The van der Waals surface area contributed by atoms with Gasteiger partial charge in [-0.1, -0.05) is 11.4 Å². The Morgan fingerprint density at radius 1 is 1.56 bits per heavy atom. The van der Waals surface area contributed by atoms with Crippen LogP contribution in [0.15, 0.2) is 15.9 Å². The fraction of sp³-hybridized carbons (Fsp3) is 0.300. The van der Waals surface area contributed by atoms with Gasteiger partial charge in [-0.15, -0.1) is 16.4 Å². The minimum atomic E-state index is 0.112. The van der Waals surface area contributed by atoms with Crippen LogP contribution in [0, 0.1) is 0 Å². The molecule has 0 atom stereocenters. The molecule has 2 heterocycles. The summed E-state index contributed by atoms with van der Waals surface area (Å²) >= 11 is 6.15. The first-order chi connectivity index (χ1) is 7.70. The minimum Gasteiger partial charge on any atom is -0.293 e. The Morgan fingerprint density at radius 3 is 3.00 bits per heavy atom. The molecule has 0 aliphatic carbocycles. The summed E-state index contributed by atoms with van der Waals surface area (Å²) in [7, 11) is 0. The van der Waals surface area contributed by atoms with Crippen molar-refractivity contribution in [1.29, 1.82) is 0 Å². The van der Waals surface area contributed by atoms with Crippen molar-refractivity contribution in [1.82, 2.24) is 9.59 Å². The number of thiophene rings is 1. The number of hydrogen-bond donors (Lipinski definition) is 0. The molecular formula is C10H9BrN2OS2. The third kappa shape index (κ3) is 2.56. The number of hydrogen-bond acceptors (Lipinski definition) is 5. The molecule has 0 N–H and O–H groups in total. The molecule has 0 amide bonds. The van der Waals surface area contributed by atoms with Gasteiger partial charge in [-0.05, 0) is 39.9 Å². The first-order valence-corrected chi connectivity index (χ1v) is 7.22. The fourth-order valence-electron chi connectivity index (χ4n) is 1.34. The van der Waals surface area contributed by atoms with Gasteiger partial charge < -0.3 is 0 Å². The Bertz CT molecular complexity index is 506. The molecule has 16 heavy (non-hydrogen) atoms. The molecule has 0 spiro atoms. The average Bonchev–Trinajstić information content (AvgIpc) is 2.86. The number of carbonyl (C=O) groups excluding carboxylic acids is 1. The van der Waals surface area contributed by atoms with Gasteiger partial charge in [0.25, 0.3) is 0 Å². The first kappa shape index (κ1) is 11.9. The standard InChI is InChI=1S/C10H9BrN2OS2/c1-2-8-10(16-13-12-8)9(14)4-7-3-6(11)5-15-7/h3,5H,2,4H2,1H3. The van der Waals surface area contributed by atoms with E-state index in [4.69, 9.17) is 0 Å². The van der Waals surface area contributed by atoms with E-state index >= 15 is 0 Å². The molecule has 3 nitrogen and oxygen atoms in total. The molecule has 2 aromatic heterocycles. The number of rotatable bonds is 4. The number of aromatic nitrogens is 2. The zero-order valence-corrected chi connectivity index (χ0v) is 11.8. The van der Waals surface area contributed by atoms with E-state index in [0.717, 1.165) is 21.5 Å². The SMILES string of the molecule is CCc1nnsc1C(=O)Cc1cc(Br)cs1. The largest absolute Gasteiger partial charge is 0.293 e. The Kier molecular flexibility index (Phi) is 3.83. The Balaban J connectivity index is 2.14. The molecule has 0 fully saturated rings. The Hall–Kier alpha value is -0.590. The van der Waals surface area contributed by atoms with E-state index < -0.39 is 0 Å².